The van der Waals surface area contributed by atoms with Gasteiger partial charge in [0.2, 0.25) is 10.0 Å². The molecule has 0 bridgehead atoms. The molecule has 0 aliphatic carbocycles. The Morgan fingerprint density at radius 1 is 1.50 bits per heavy atom. The van der Waals surface area contributed by atoms with Gasteiger partial charge in [0.25, 0.3) is 0 Å². The fourth-order valence-electron chi connectivity index (χ4n) is 1.17. The zero-order valence-electron chi connectivity index (χ0n) is 8.99. The highest BCUT2D eigenvalue weighted by molar-refractivity contribution is 9.11. The third kappa shape index (κ3) is 5.40. The molecule has 1 aromatic rings. The van der Waals surface area contributed by atoms with E-state index in [-0.39, 0.29) is 5.75 Å². The van der Waals surface area contributed by atoms with E-state index in [0.717, 1.165) is 9.35 Å². The van der Waals surface area contributed by atoms with Crippen molar-refractivity contribution >= 4 is 37.3 Å². The van der Waals surface area contributed by atoms with E-state index in [1.807, 2.05) is 11.4 Å². The van der Waals surface area contributed by atoms with Crippen LogP contribution >= 0.6 is 27.3 Å². The second-order valence-corrected chi connectivity index (χ2v) is 7.47. The van der Waals surface area contributed by atoms with Crippen LogP contribution in [0.25, 0.3) is 0 Å². The summed E-state index contributed by atoms with van der Waals surface area (Å²) in [6.07, 6.45) is 0. The smallest absolute Gasteiger partial charge is 0.212 e. The molecule has 1 heterocycles. The molecule has 7 heteroatoms. The maximum Gasteiger partial charge on any atom is 0.212 e. The SMILES string of the molecule is CCNS(=O)(=O)CCNCc1csc(Br)c1. The zero-order valence-corrected chi connectivity index (χ0v) is 12.2. The lowest BCUT2D eigenvalue weighted by Gasteiger charge is -2.05. The molecule has 0 aliphatic heterocycles. The predicted molar refractivity (Wildman–Crippen MR) is 71.2 cm³/mol. The number of hydrogen-bond acceptors (Lipinski definition) is 4. The van der Waals surface area contributed by atoms with E-state index in [2.05, 4.69) is 26.0 Å². The van der Waals surface area contributed by atoms with Gasteiger partial charge in [-0.2, -0.15) is 0 Å². The molecule has 92 valence electrons. The van der Waals surface area contributed by atoms with Crippen LogP contribution in [0.5, 0.6) is 0 Å². The summed E-state index contributed by atoms with van der Waals surface area (Å²) in [5.41, 5.74) is 1.16. The first kappa shape index (κ1) is 14.1. The summed E-state index contributed by atoms with van der Waals surface area (Å²) < 4.78 is 26.1. The number of hydrogen-bond donors (Lipinski definition) is 2. The van der Waals surface area contributed by atoms with Crippen molar-refractivity contribution in [2.75, 3.05) is 18.8 Å². The van der Waals surface area contributed by atoms with Gasteiger partial charge in [0.05, 0.1) is 9.54 Å². The molecule has 1 aromatic heterocycles. The van der Waals surface area contributed by atoms with Crippen LogP contribution in [0, 0.1) is 0 Å². The molecule has 0 saturated heterocycles. The summed E-state index contributed by atoms with van der Waals surface area (Å²) in [5.74, 6) is 0.117. The summed E-state index contributed by atoms with van der Waals surface area (Å²) in [6.45, 7) is 3.38. The van der Waals surface area contributed by atoms with E-state index >= 15 is 0 Å². The first-order valence-corrected chi connectivity index (χ1v) is 8.27. The van der Waals surface area contributed by atoms with Crippen LogP contribution in [-0.2, 0) is 16.6 Å². The van der Waals surface area contributed by atoms with Gasteiger partial charge in [-0.05, 0) is 32.9 Å². The van der Waals surface area contributed by atoms with Gasteiger partial charge in [-0.3, -0.25) is 0 Å². The minimum absolute atomic E-state index is 0.117. The van der Waals surface area contributed by atoms with Crippen LogP contribution < -0.4 is 10.0 Å². The maximum absolute atomic E-state index is 11.3. The second-order valence-electron chi connectivity index (χ2n) is 3.25. The van der Waals surface area contributed by atoms with Gasteiger partial charge in [0.1, 0.15) is 0 Å². The van der Waals surface area contributed by atoms with Crippen molar-refractivity contribution in [1.29, 1.82) is 0 Å². The van der Waals surface area contributed by atoms with Gasteiger partial charge in [0, 0.05) is 19.6 Å². The normalized spacial score (nSPS) is 11.9. The van der Waals surface area contributed by atoms with Gasteiger partial charge in [0.15, 0.2) is 0 Å². The standard InChI is InChI=1S/C9H15BrN2O2S2/c1-2-12-16(13,14)4-3-11-6-8-5-9(10)15-7-8/h5,7,11-12H,2-4,6H2,1H3. The molecular weight excluding hydrogens is 312 g/mol. The minimum atomic E-state index is -3.10. The predicted octanol–water partition coefficient (Wildman–Crippen LogP) is 1.54. The molecule has 0 spiro atoms. The van der Waals surface area contributed by atoms with Crippen molar-refractivity contribution in [2.45, 2.75) is 13.5 Å². The fourth-order valence-corrected chi connectivity index (χ4v) is 3.38. The minimum Gasteiger partial charge on any atom is -0.312 e. The van der Waals surface area contributed by atoms with Crippen molar-refractivity contribution in [3.8, 4) is 0 Å². The summed E-state index contributed by atoms with van der Waals surface area (Å²) in [4.78, 5) is 0. The quantitative estimate of drug-likeness (QED) is 0.747. The van der Waals surface area contributed by atoms with Crippen LogP contribution in [0.2, 0.25) is 0 Å². The Morgan fingerprint density at radius 3 is 2.81 bits per heavy atom. The van der Waals surface area contributed by atoms with E-state index in [9.17, 15) is 8.42 Å². The van der Waals surface area contributed by atoms with Gasteiger partial charge in [-0.15, -0.1) is 11.3 Å². The van der Waals surface area contributed by atoms with E-state index in [1.165, 1.54) is 0 Å². The third-order valence-corrected chi connectivity index (χ3v) is 4.89. The van der Waals surface area contributed by atoms with Crippen molar-refractivity contribution in [1.82, 2.24) is 10.0 Å². The van der Waals surface area contributed by atoms with Crippen molar-refractivity contribution in [3.05, 3.63) is 20.8 Å². The van der Waals surface area contributed by atoms with Crippen molar-refractivity contribution in [3.63, 3.8) is 0 Å². The average molecular weight is 327 g/mol. The van der Waals surface area contributed by atoms with E-state index in [0.29, 0.717) is 19.6 Å². The summed E-state index contributed by atoms with van der Waals surface area (Å²) in [7, 11) is -3.10. The number of nitrogens with one attached hydrogen (secondary N) is 2. The Labute approximate surface area is 109 Å². The maximum atomic E-state index is 11.3. The highest BCUT2D eigenvalue weighted by Crippen LogP contribution is 2.20. The lowest BCUT2D eigenvalue weighted by atomic mass is 10.3. The number of halogens is 1. The van der Waals surface area contributed by atoms with E-state index < -0.39 is 10.0 Å². The first-order chi connectivity index (χ1) is 7.53. The Balaban J connectivity index is 2.22. The van der Waals surface area contributed by atoms with Gasteiger partial charge < -0.3 is 5.32 Å². The Morgan fingerprint density at radius 2 is 2.25 bits per heavy atom. The molecule has 1 rings (SSSR count). The van der Waals surface area contributed by atoms with Gasteiger partial charge >= 0.3 is 0 Å². The molecule has 2 N–H and O–H groups in total. The van der Waals surface area contributed by atoms with Gasteiger partial charge in [-0.1, -0.05) is 6.92 Å². The zero-order chi connectivity index (χ0) is 12.0. The topological polar surface area (TPSA) is 58.2 Å². The summed E-state index contributed by atoms with van der Waals surface area (Å²) in [5, 5.41) is 5.13. The largest absolute Gasteiger partial charge is 0.312 e. The summed E-state index contributed by atoms with van der Waals surface area (Å²) >= 11 is 5.00. The van der Waals surface area contributed by atoms with Crippen LogP contribution in [0.3, 0.4) is 0 Å². The molecule has 16 heavy (non-hydrogen) atoms. The highest BCUT2D eigenvalue weighted by Gasteiger charge is 2.07. The molecule has 0 aliphatic rings. The monoisotopic (exact) mass is 326 g/mol. The first-order valence-electron chi connectivity index (χ1n) is 4.94. The molecule has 0 radical (unpaired) electrons. The molecule has 0 aromatic carbocycles. The van der Waals surface area contributed by atoms with Gasteiger partial charge in [-0.25, -0.2) is 13.1 Å². The number of sulfonamides is 1. The van der Waals surface area contributed by atoms with Crippen LogP contribution in [0.4, 0.5) is 0 Å². The molecule has 0 amide bonds. The third-order valence-electron chi connectivity index (χ3n) is 1.86. The number of thiophene rings is 1. The average Bonchev–Trinajstić information content (AvgIpc) is 2.59. The van der Waals surface area contributed by atoms with Crippen LogP contribution in [-0.4, -0.2) is 27.3 Å². The second kappa shape index (κ2) is 6.70. The molecule has 0 saturated carbocycles. The molecule has 0 atom stereocenters. The Bertz CT molecular complexity index is 417. The lowest BCUT2D eigenvalue weighted by Crippen LogP contribution is -2.31. The van der Waals surface area contributed by atoms with Crippen molar-refractivity contribution in [2.24, 2.45) is 0 Å². The molecule has 0 unspecified atom stereocenters. The lowest BCUT2D eigenvalue weighted by molar-refractivity contribution is 0.579. The highest BCUT2D eigenvalue weighted by atomic mass is 79.9. The molecule has 4 nitrogen and oxygen atoms in total. The summed E-state index contributed by atoms with van der Waals surface area (Å²) in [6, 6.07) is 2.02. The van der Waals surface area contributed by atoms with E-state index in [4.69, 9.17) is 0 Å². The van der Waals surface area contributed by atoms with Crippen molar-refractivity contribution < 1.29 is 8.42 Å². The Hall–Kier alpha value is 0.0500. The Kier molecular flexibility index (Phi) is 5.91. The molecule has 0 fully saturated rings. The van der Waals surface area contributed by atoms with Crippen LogP contribution in [0.1, 0.15) is 12.5 Å². The fraction of sp³-hybridized carbons (Fsp3) is 0.556. The number of rotatable bonds is 7. The van der Waals surface area contributed by atoms with E-state index in [1.54, 1.807) is 18.3 Å². The van der Waals surface area contributed by atoms with Crippen LogP contribution in [0.15, 0.2) is 15.2 Å². The molecular formula is C9H15BrN2O2S2.